The molecule has 70 valence electrons. The largest absolute Gasteiger partial charge is 0.290 e. The average molecular weight is 267 g/mol. The van der Waals surface area contributed by atoms with Crippen molar-refractivity contribution in [3.63, 3.8) is 0 Å². The van der Waals surface area contributed by atoms with Gasteiger partial charge in [-0.25, -0.2) is 10.2 Å². The Bertz CT molecular complexity index is 335. The van der Waals surface area contributed by atoms with E-state index in [9.17, 15) is 9.18 Å². The van der Waals surface area contributed by atoms with Gasteiger partial charge >= 0.3 is 0 Å². The Hall–Kier alpha value is -0.650. The summed E-state index contributed by atoms with van der Waals surface area (Å²) in [4.78, 5) is 11.0. The molecule has 0 fully saturated rings. The maximum Gasteiger partial charge on any atom is 0.269 e. The molecule has 0 bridgehead atoms. The Balaban J connectivity index is 3.28. The van der Waals surface area contributed by atoms with Gasteiger partial charge in [-0.15, -0.1) is 0 Å². The molecule has 1 aromatic rings. The van der Waals surface area contributed by atoms with Gasteiger partial charge in [-0.1, -0.05) is 27.5 Å². The second-order valence-corrected chi connectivity index (χ2v) is 3.54. The third kappa shape index (κ3) is 2.18. The van der Waals surface area contributed by atoms with Crippen LogP contribution in [0.2, 0.25) is 5.02 Å². The molecular weight excluding hydrogens is 262 g/mol. The number of hydrogen-bond acceptors (Lipinski definition) is 2. The highest BCUT2D eigenvalue weighted by Gasteiger charge is 2.15. The summed E-state index contributed by atoms with van der Waals surface area (Å²) < 4.78 is 13.6. The number of nitrogens with two attached hydrogens (primary N) is 1. The van der Waals surface area contributed by atoms with E-state index in [4.69, 9.17) is 17.4 Å². The van der Waals surface area contributed by atoms with Crippen LogP contribution in [0, 0.1) is 5.82 Å². The van der Waals surface area contributed by atoms with Gasteiger partial charge in [0, 0.05) is 4.47 Å². The minimum Gasteiger partial charge on any atom is -0.290 e. The molecule has 0 aliphatic rings. The van der Waals surface area contributed by atoms with Crippen LogP contribution in [0.15, 0.2) is 16.6 Å². The van der Waals surface area contributed by atoms with E-state index in [2.05, 4.69) is 15.9 Å². The van der Waals surface area contributed by atoms with Crippen LogP contribution < -0.4 is 11.3 Å². The van der Waals surface area contributed by atoms with Gasteiger partial charge in [-0.05, 0) is 12.1 Å². The summed E-state index contributed by atoms with van der Waals surface area (Å²) in [5.74, 6) is 3.37. The van der Waals surface area contributed by atoms with Crippen molar-refractivity contribution in [3.05, 3.63) is 33.0 Å². The van der Waals surface area contributed by atoms with E-state index in [0.29, 0.717) is 4.47 Å². The molecule has 3 nitrogen and oxygen atoms in total. The standard InChI is InChI=1S/C7H5BrClFN2O/c8-3-1-4(9)6(5(10)2-3)7(13)12-11/h1-2H,11H2,(H,12,13). The molecule has 0 aliphatic heterocycles. The predicted octanol–water partition coefficient (Wildman–Crippen LogP) is 1.85. The van der Waals surface area contributed by atoms with Crippen molar-refractivity contribution in [1.82, 2.24) is 5.43 Å². The summed E-state index contributed by atoms with van der Waals surface area (Å²) in [6.07, 6.45) is 0. The SMILES string of the molecule is NNC(=O)c1c(F)cc(Br)cc1Cl. The molecular formula is C7H5BrClFN2O. The van der Waals surface area contributed by atoms with Crippen LogP contribution >= 0.6 is 27.5 Å². The molecule has 0 heterocycles. The average Bonchev–Trinajstić information content (AvgIpc) is 2.02. The number of nitrogen functional groups attached to an aromatic ring is 1. The molecule has 0 saturated heterocycles. The van der Waals surface area contributed by atoms with E-state index in [1.54, 1.807) is 5.43 Å². The first kappa shape index (κ1) is 10.4. The minimum absolute atomic E-state index is 0.00910. The molecule has 0 atom stereocenters. The third-order valence-electron chi connectivity index (χ3n) is 1.37. The lowest BCUT2D eigenvalue weighted by Gasteiger charge is -2.04. The zero-order chi connectivity index (χ0) is 10.0. The Morgan fingerprint density at radius 1 is 1.62 bits per heavy atom. The first-order chi connectivity index (χ1) is 6.06. The molecule has 1 aromatic carbocycles. The molecule has 13 heavy (non-hydrogen) atoms. The summed E-state index contributed by atoms with van der Waals surface area (Å²) in [6, 6.07) is 2.55. The van der Waals surface area contributed by atoms with Gasteiger partial charge in [-0.2, -0.15) is 0 Å². The Kier molecular flexibility index (Phi) is 3.24. The van der Waals surface area contributed by atoms with E-state index in [-0.39, 0.29) is 10.6 Å². The predicted molar refractivity (Wildman–Crippen MR) is 50.8 cm³/mol. The van der Waals surface area contributed by atoms with Gasteiger partial charge in [0.1, 0.15) is 5.82 Å². The Morgan fingerprint density at radius 3 is 2.69 bits per heavy atom. The number of halogens is 3. The van der Waals surface area contributed by atoms with E-state index < -0.39 is 11.7 Å². The fourth-order valence-electron chi connectivity index (χ4n) is 0.831. The van der Waals surface area contributed by atoms with Gasteiger partial charge in [0.15, 0.2) is 0 Å². The maximum absolute atomic E-state index is 13.1. The van der Waals surface area contributed by atoms with Crippen LogP contribution in [-0.2, 0) is 0 Å². The smallest absolute Gasteiger partial charge is 0.269 e. The second kappa shape index (κ2) is 4.04. The fourth-order valence-corrected chi connectivity index (χ4v) is 1.69. The number of carbonyl (C=O) groups excluding carboxylic acids is 1. The normalized spacial score (nSPS) is 9.85. The number of hydrazine groups is 1. The van der Waals surface area contributed by atoms with Crippen molar-refractivity contribution < 1.29 is 9.18 Å². The molecule has 3 N–H and O–H groups in total. The van der Waals surface area contributed by atoms with Crippen LogP contribution in [0.1, 0.15) is 10.4 Å². The zero-order valence-electron chi connectivity index (χ0n) is 6.27. The number of nitrogens with one attached hydrogen (secondary N) is 1. The highest BCUT2D eigenvalue weighted by Crippen LogP contribution is 2.24. The van der Waals surface area contributed by atoms with E-state index in [1.807, 2.05) is 0 Å². The lowest BCUT2D eigenvalue weighted by atomic mass is 10.2. The maximum atomic E-state index is 13.1. The fraction of sp³-hybridized carbons (Fsp3) is 0. The van der Waals surface area contributed by atoms with Crippen LogP contribution in [0.5, 0.6) is 0 Å². The zero-order valence-corrected chi connectivity index (χ0v) is 8.62. The van der Waals surface area contributed by atoms with Gasteiger partial charge in [0.25, 0.3) is 5.91 Å². The number of hydrogen-bond donors (Lipinski definition) is 2. The van der Waals surface area contributed by atoms with Crippen molar-refractivity contribution in [2.24, 2.45) is 5.84 Å². The monoisotopic (exact) mass is 266 g/mol. The minimum atomic E-state index is -0.755. The van der Waals surface area contributed by atoms with Crippen molar-refractivity contribution in [2.75, 3.05) is 0 Å². The van der Waals surface area contributed by atoms with Crippen molar-refractivity contribution in [1.29, 1.82) is 0 Å². The van der Waals surface area contributed by atoms with Gasteiger partial charge < -0.3 is 0 Å². The van der Waals surface area contributed by atoms with E-state index in [0.717, 1.165) is 6.07 Å². The third-order valence-corrected chi connectivity index (χ3v) is 2.12. The van der Waals surface area contributed by atoms with E-state index >= 15 is 0 Å². The molecule has 1 rings (SSSR count). The van der Waals surface area contributed by atoms with Crippen LogP contribution in [0.4, 0.5) is 4.39 Å². The van der Waals surface area contributed by atoms with Crippen molar-refractivity contribution in [3.8, 4) is 0 Å². The highest BCUT2D eigenvalue weighted by molar-refractivity contribution is 9.10. The number of rotatable bonds is 1. The lowest BCUT2D eigenvalue weighted by Crippen LogP contribution is -2.31. The molecule has 1 amide bonds. The molecule has 6 heteroatoms. The first-order valence-electron chi connectivity index (χ1n) is 3.21. The van der Waals surface area contributed by atoms with E-state index in [1.165, 1.54) is 6.07 Å². The first-order valence-corrected chi connectivity index (χ1v) is 4.39. The number of benzene rings is 1. The van der Waals surface area contributed by atoms with Gasteiger partial charge in [0.05, 0.1) is 10.6 Å². The summed E-state index contributed by atoms with van der Waals surface area (Å²) in [5.41, 5.74) is 1.55. The Morgan fingerprint density at radius 2 is 2.23 bits per heavy atom. The molecule has 0 radical (unpaired) electrons. The molecule has 0 unspecified atom stereocenters. The topological polar surface area (TPSA) is 55.1 Å². The van der Waals surface area contributed by atoms with Crippen LogP contribution in [0.25, 0.3) is 0 Å². The van der Waals surface area contributed by atoms with Gasteiger partial charge in [-0.3, -0.25) is 10.2 Å². The van der Waals surface area contributed by atoms with Crippen molar-refractivity contribution >= 4 is 33.4 Å². The van der Waals surface area contributed by atoms with Crippen LogP contribution in [0.3, 0.4) is 0 Å². The molecule has 0 saturated carbocycles. The Labute approximate surface area is 87.2 Å². The number of amides is 1. The van der Waals surface area contributed by atoms with Crippen molar-refractivity contribution in [2.45, 2.75) is 0 Å². The number of carbonyl (C=O) groups is 1. The van der Waals surface area contributed by atoms with Gasteiger partial charge in [0.2, 0.25) is 0 Å². The summed E-state index contributed by atoms with van der Waals surface area (Å²) >= 11 is 8.65. The second-order valence-electron chi connectivity index (χ2n) is 2.22. The highest BCUT2D eigenvalue weighted by atomic mass is 79.9. The molecule has 0 aromatic heterocycles. The lowest BCUT2D eigenvalue weighted by molar-refractivity contribution is 0.0950. The molecule has 0 spiro atoms. The summed E-state index contributed by atoms with van der Waals surface area (Å²) in [5, 5.41) is 0.00910. The van der Waals surface area contributed by atoms with Crippen LogP contribution in [-0.4, -0.2) is 5.91 Å². The summed E-state index contributed by atoms with van der Waals surface area (Å²) in [7, 11) is 0. The summed E-state index contributed by atoms with van der Waals surface area (Å²) in [6.45, 7) is 0. The quantitative estimate of drug-likeness (QED) is 0.463. The molecule has 0 aliphatic carbocycles.